The molecule has 5 rings (SSSR count). The first-order valence-electron chi connectivity index (χ1n) is 11.8. The Bertz CT molecular complexity index is 1660. The highest BCUT2D eigenvalue weighted by Crippen LogP contribution is 2.35. The highest BCUT2D eigenvalue weighted by atomic mass is 35.5. The minimum atomic E-state index is -0.555. The summed E-state index contributed by atoms with van der Waals surface area (Å²) in [5.41, 5.74) is 3.49. The summed E-state index contributed by atoms with van der Waals surface area (Å²) in [4.78, 5) is 39.8. The van der Waals surface area contributed by atoms with Crippen molar-refractivity contribution in [2.45, 2.75) is 32.9 Å². The van der Waals surface area contributed by atoms with Crippen LogP contribution in [0, 0.1) is 6.92 Å². The first-order valence-corrected chi connectivity index (χ1v) is 12.2. The van der Waals surface area contributed by atoms with Gasteiger partial charge in [0.25, 0.3) is 0 Å². The summed E-state index contributed by atoms with van der Waals surface area (Å²) in [6.07, 6.45) is 5.55. The summed E-state index contributed by atoms with van der Waals surface area (Å²) in [7, 11) is 0. The zero-order valence-electron chi connectivity index (χ0n) is 20.9. The van der Waals surface area contributed by atoms with Crippen molar-refractivity contribution in [3.63, 3.8) is 0 Å². The molecule has 5 aromatic rings. The minimum absolute atomic E-state index is 0.0110. The van der Waals surface area contributed by atoms with Crippen LogP contribution in [0.4, 0.5) is 0 Å². The van der Waals surface area contributed by atoms with Gasteiger partial charge in [-0.1, -0.05) is 11.6 Å². The number of H-pyrrole nitrogens is 1. The van der Waals surface area contributed by atoms with Crippen LogP contribution in [0.15, 0.2) is 48.9 Å². The predicted octanol–water partition coefficient (Wildman–Crippen LogP) is 3.76. The molecular weight excluding hydrogens is 508 g/mol. The Morgan fingerprint density at radius 3 is 2.82 bits per heavy atom. The molecule has 11 nitrogen and oxygen atoms in total. The highest BCUT2D eigenvalue weighted by molar-refractivity contribution is 6.36. The molecule has 3 N–H and O–H groups in total. The van der Waals surface area contributed by atoms with Crippen LogP contribution in [0.2, 0.25) is 5.02 Å². The molecule has 3 aromatic heterocycles. The van der Waals surface area contributed by atoms with E-state index in [1.54, 1.807) is 30.7 Å². The molecule has 0 unspecified atom stereocenters. The molecule has 194 valence electrons. The molecule has 0 fully saturated rings. The van der Waals surface area contributed by atoms with Crippen molar-refractivity contribution in [1.29, 1.82) is 0 Å². The van der Waals surface area contributed by atoms with Crippen LogP contribution < -0.4 is 15.4 Å². The molecule has 0 aliphatic heterocycles. The third-order valence-electron chi connectivity index (χ3n) is 5.83. The lowest BCUT2D eigenvalue weighted by Crippen LogP contribution is -2.49. The molecule has 0 saturated carbocycles. The molecule has 0 aliphatic carbocycles. The minimum Gasteiger partial charge on any atom is -0.456 e. The lowest BCUT2D eigenvalue weighted by atomic mass is 10.1. The van der Waals surface area contributed by atoms with Crippen LogP contribution in [0.1, 0.15) is 19.7 Å². The fourth-order valence-corrected chi connectivity index (χ4v) is 4.11. The van der Waals surface area contributed by atoms with Gasteiger partial charge in [0.15, 0.2) is 0 Å². The quantitative estimate of drug-likeness (QED) is 0.245. The largest absolute Gasteiger partial charge is 0.456 e. The van der Waals surface area contributed by atoms with Crippen molar-refractivity contribution < 1.29 is 14.3 Å². The number of nitrogens with zero attached hydrogens (tertiary/aromatic N) is 5. The Morgan fingerprint density at radius 1 is 1.18 bits per heavy atom. The first kappa shape index (κ1) is 25.2. The molecule has 0 atom stereocenters. The highest BCUT2D eigenvalue weighted by Gasteiger charge is 2.18. The number of hydrogen-bond donors (Lipinski definition) is 3. The molecule has 0 saturated heterocycles. The average molecular weight is 533 g/mol. The van der Waals surface area contributed by atoms with Crippen LogP contribution in [0.25, 0.3) is 33.3 Å². The first-order chi connectivity index (χ1) is 18.2. The maximum absolute atomic E-state index is 12.3. The van der Waals surface area contributed by atoms with Gasteiger partial charge in [0.05, 0.1) is 40.2 Å². The van der Waals surface area contributed by atoms with Crippen molar-refractivity contribution >= 4 is 46.0 Å². The number of nitrogens with one attached hydrogen (secondary N) is 3. The molecule has 0 spiro atoms. The Kier molecular flexibility index (Phi) is 6.68. The van der Waals surface area contributed by atoms with Crippen LogP contribution in [-0.2, 0) is 16.1 Å². The summed E-state index contributed by atoms with van der Waals surface area (Å²) in [5.74, 6) is 1.64. The zero-order valence-corrected chi connectivity index (χ0v) is 21.7. The fourth-order valence-electron chi connectivity index (χ4n) is 3.87. The second-order valence-corrected chi connectivity index (χ2v) is 9.83. The van der Waals surface area contributed by atoms with Gasteiger partial charge in [0.1, 0.15) is 34.4 Å². The van der Waals surface area contributed by atoms with E-state index in [0.717, 1.165) is 16.9 Å². The molecule has 3 heterocycles. The van der Waals surface area contributed by atoms with Crippen molar-refractivity contribution in [3.8, 4) is 22.8 Å². The van der Waals surface area contributed by atoms with E-state index >= 15 is 0 Å². The van der Waals surface area contributed by atoms with Gasteiger partial charge in [-0.05, 0) is 45.0 Å². The monoisotopic (exact) mass is 532 g/mol. The van der Waals surface area contributed by atoms with Gasteiger partial charge in [0.2, 0.25) is 12.3 Å². The molecule has 0 aliphatic rings. The van der Waals surface area contributed by atoms with Crippen molar-refractivity contribution in [2.75, 3.05) is 6.54 Å². The number of imidazole rings is 1. The summed E-state index contributed by atoms with van der Waals surface area (Å²) in [5, 5.41) is 10.0. The summed E-state index contributed by atoms with van der Waals surface area (Å²) in [6, 6.07) is 9.12. The second kappa shape index (κ2) is 10.1. The number of rotatable bonds is 9. The average Bonchev–Trinajstić information content (AvgIpc) is 3.50. The molecule has 0 bridgehead atoms. The van der Waals surface area contributed by atoms with Crippen LogP contribution in [-0.4, -0.2) is 54.1 Å². The number of amides is 2. The molecule has 2 aromatic carbocycles. The second-order valence-electron chi connectivity index (χ2n) is 9.45. The van der Waals surface area contributed by atoms with Crippen molar-refractivity contribution in [2.24, 2.45) is 0 Å². The smallest absolute Gasteiger partial charge is 0.241 e. The van der Waals surface area contributed by atoms with E-state index in [4.69, 9.17) is 21.3 Å². The number of ether oxygens (including phenoxy) is 1. The summed E-state index contributed by atoms with van der Waals surface area (Å²) < 4.78 is 7.56. The number of hydrogen-bond acceptors (Lipinski definition) is 7. The Labute approximate surface area is 222 Å². The third kappa shape index (κ3) is 5.42. The lowest BCUT2D eigenvalue weighted by molar-refractivity contribution is -0.122. The third-order valence-corrected chi connectivity index (χ3v) is 6.19. The SMILES string of the molecule is Cc1nc2ccc(Oc3ccc4ncc(-c5cnn(CC(=O)NCC(C)(C)NC=O)c5)nc4c3Cl)cc2[nH]1. The van der Waals surface area contributed by atoms with E-state index in [9.17, 15) is 9.59 Å². The van der Waals surface area contributed by atoms with Gasteiger partial charge in [-0.15, -0.1) is 0 Å². The molecule has 2 amide bonds. The van der Waals surface area contributed by atoms with Crippen molar-refractivity contribution in [3.05, 3.63) is 59.8 Å². The lowest BCUT2D eigenvalue weighted by Gasteiger charge is -2.23. The number of aromatic amines is 1. The standard InChI is InChI=1S/C26H25ClN8O3/c1-15-32-18-5-4-17(8-20(18)33-15)38-22-7-6-19-25(24(22)27)34-21(10-28-19)16-9-31-35(11-16)12-23(37)29-13-26(2,3)30-14-36/h4-11,14H,12-13H2,1-3H3,(H,29,37)(H,30,36)(H,32,33). The van der Waals surface area contributed by atoms with E-state index in [2.05, 4.69) is 30.7 Å². The van der Waals surface area contributed by atoms with Crippen LogP contribution in [0.3, 0.4) is 0 Å². The van der Waals surface area contributed by atoms with Gasteiger partial charge < -0.3 is 20.4 Å². The number of carbonyl (C=O) groups excluding carboxylic acids is 2. The Hall–Kier alpha value is -4.51. The number of fused-ring (bicyclic) bond motifs is 2. The Balaban J connectivity index is 1.33. The summed E-state index contributed by atoms with van der Waals surface area (Å²) >= 11 is 6.69. The maximum Gasteiger partial charge on any atom is 0.241 e. The van der Waals surface area contributed by atoms with Gasteiger partial charge in [-0.2, -0.15) is 5.10 Å². The molecular formula is C26H25ClN8O3. The van der Waals surface area contributed by atoms with Crippen LogP contribution in [0.5, 0.6) is 11.5 Å². The maximum atomic E-state index is 12.3. The molecule has 38 heavy (non-hydrogen) atoms. The van der Waals surface area contributed by atoms with E-state index in [1.807, 2.05) is 39.0 Å². The van der Waals surface area contributed by atoms with Gasteiger partial charge in [-0.25, -0.2) is 9.97 Å². The normalized spacial score (nSPS) is 11.6. The van der Waals surface area contributed by atoms with Gasteiger partial charge in [-0.3, -0.25) is 19.3 Å². The van der Waals surface area contributed by atoms with Gasteiger partial charge in [0, 0.05) is 24.4 Å². The summed E-state index contributed by atoms with van der Waals surface area (Å²) in [6.45, 7) is 5.81. The van der Waals surface area contributed by atoms with E-state index in [-0.39, 0.29) is 19.0 Å². The van der Waals surface area contributed by atoms with E-state index < -0.39 is 5.54 Å². The number of halogens is 1. The van der Waals surface area contributed by atoms with Crippen molar-refractivity contribution in [1.82, 2.24) is 40.3 Å². The molecule has 12 heteroatoms. The van der Waals surface area contributed by atoms with Gasteiger partial charge >= 0.3 is 0 Å². The fraction of sp³-hybridized carbons (Fsp3) is 0.231. The number of aromatic nitrogens is 6. The zero-order chi connectivity index (χ0) is 26.9. The number of benzene rings is 2. The number of aryl methyl sites for hydroxylation is 1. The van der Waals surface area contributed by atoms with E-state index in [1.165, 1.54) is 4.68 Å². The Morgan fingerprint density at radius 2 is 2.00 bits per heavy atom. The van der Waals surface area contributed by atoms with Crippen LogP contribution >= 0.6 is 11.6 Å². The molecule has 0 radical (unpaired) electrons. The van der Waals surface area contributed by atoms with E-state index in [0.29, 0.717) is 45.2 Å². The topological polar surface area (TPSA) is 140 Å². The predicted molar refractivity (Wildman–Crippen MR) is 143 cm³/mol. The number of carbonyl (C=O) groups is 2.